The summed E-state index contributed by atoms with van der Waals surface area (Å²) in [4.78, 5) is 13.4. The minimum atomic E-state index is -3.28. The zero-order valence-electron chi connectivity index (χ0n) is 10.8. The summed E-state index contributed by atoms with van der Waals surface area (Å²) in [7, 11) is -3.28. The van der Waals surface area contributed by atoms with Crippen LogP contribution in [-0.2, 0) is 10.0 Å². The number of amides is 1. The van der Waals surface area contributed by atoms with Crippen LogP contribution in [0, 0.1) is 11.6 Å². The molecule has 1 aliphatic heterocycles. The van der Waals surface area contributed by atoms with Crippen molar-refractivity contribution in [3.05, 3.63) is 35.4 Å². The first kappa shape index (κ1) is 14.9. The summed E-state index contributed by atoms with van der Waals surface area (Å²) in [5, 5.41) is 0. The molecule has 0 bridgehead atoms. The van der Waals surface area contributed by atoms with Gasteiger partial charge in [-0.3, -0.25) is 4.79 Å². The normalized spacial score (nSPS) is 17.2. The maximum absolute atomic E-state index is 13.5. The van der Waals surface area contributed by atoms with Crippen LogP contribution in [0.4, 0.5) is 8.78 Å². The summed E-state index contributed by atoms with van der Waals surface area (Å²) in [5.74, 6) is -2.22. The standard InChI is InChI=1S/C12H14F2N2O3S/c1-20(18,19)16-6-4-15(5-7-16)12(17)10-3-2-9(13)8-11(10)14/h2-3,8H,4-7H2,1H3. The molecule has 1 aliphatic rings. The number of hydrogen-bond donors (Lipinski definition) is 0. The number of hydrogen-bond acceptors (Lipinski definition) is 3. The van der Waals surface area contributed by atoms with Crippen molar-refractivity contribution in [2.75, 3.05) is 32.4 Å². The van der Waals surface area contributed by atoms with Crippen LogP contribution in [0.2, 0.25) is 0 Å². The molecule has 0 radical (unpaired) electrons. The van der Waals surface area contributed by atoms with E-state index in [2.05, 4.69) is 0 Å². The average Bonchev–Trinajstić information content (AvgIpc) is 2.37. The Hall–Kier alpha value is -1.54. The van der Waals surface area contributed by atoms with Gasteiger partial charge in [0.1, 0.15) is 11.6 Å². The van der Waals surface area contributed by atoms with E-state index in [1.54, 1.807) is 0 Å². The molecule has 2 rings (SSSR count). The van der Waals surface area contributed by atoms with E-state index >= 15 is 0 Å². The first-order valence-electron chi connectivity index (χ1n) is 5.98. The van der Waals surface area contributed by atoms with Crippen molar-refractivity contribution in [1.82, 2.24) is 9.21 Å². The van der Waals surface area contributed by atoms with Gasteiger partial charge in [0.2, 0.25) is 10.0 Å². The second kappa shape index (κ2) is 5.45. The molecule has 1 fully saturated rings. The fraction of sp³-hybridized carbons (Fsp3) is 0.417. The molecule has 0 spiro atoms. The topological polar surface area (TPSA) is 57.7 Å². The van der Waals surface area contributed by atoms with Crippen molar-refractivity contribution in [3.63, 3.8) is 0 Å². The summed E-state index contributed by atoms with van der Waals surface area (Å²) in [6.45, 7) is 0.714. The average molecular weight is 304 g/mol. The zero-order chi connectivity index (χ0) is 14.9. The van der Waals surface area contributed by atoms with Gasteiger partial charge in [-0.1, -0.05) is 0 Å². The number of carbonyl (C=O) groups excluding carboxylic acids is 1. The van der Waals surface area contributed by atoms with Crippen LogP contribution in [-0.4, -0.2) is 56.0 Å². The highest BCUT2D eigenvalue weighted by molar-refractivity contribution is 7.88. The van der Waals surface area contributed by atoms with Gasteiger partial charge in [-0.2, -0.15) is 4.31 Å². The van der Waals surface area contributed by atoms with Crippen molar-refractivity contribution in [1.29, 1.82) is 0 Å². The molecule has 110 valence electrons. The van der Waals surface area contributed by atoms with Crippen LogP contribution in [0.5, 0.6) is 0 Å². The van der Waals surface area contributed by atoms with E-state index in [0.29, 0.717) is 6.07 Å². The third kappa shape index (κ3) is 3.13. The van der Waals surface area contributed by atoms with Gasteiger partial charge in [0.25, 0.3) is 5.91 Å². The molecule has 1 saturated heterocycles. The molecule has 0 N–H and O–H groups in total. The first-order valence-corrected chi connectivity index (χ1v) is 7.83. The zero-order valence-corrected chi connectivity index (χ0v) is 11.7. The highest BCUT2D eigenvalue weighted by Crippen LogP contribution is 2.14. The number of carbonyl (C=O) groups is 1. The Labute approximate surface area is 115 Å². The van der Waals surface area contributed by atoms with Crippen LogP contribution in [0.3, 0.4) is 0 Å². The molecule has 0 saturated carbocycles. The highest BCUT2D eigenvalue weighted by Gasteiger charge is 2.27. The van der Waals surface area contributed by atoms with Crippen LogP contribution < -0.4 is 0 Å². The maximum Gasteiger partial charge on any atom is 0.256 e. The number of piperazine rings is 1. The molecule has 1 amide bonds. The summed E-state index contributed by atoms with van der Waals surface area (Å²) in [6.07, 6.45) is 1.10. The molecule has 8 heteroatoms. The van der Waals surface area contributed by atoms with Crippen molar-refractivity contribution >= 4 is 15.9 Å². The van der Waals surface area contributed by atoms with E-state index in [0.717, 1.165) is 18.4 Å². The van der Waals surface area contributed by atoms with E-state index in [4.69, 9.17) is 0 Å². The lowest BCUT2D eigenvalue weighted by Crippen LogP contribution is -2.50. The maximum atomic E-state index is 13.5. The molecule has 1 heterocycles. The molecule has 0 aliphatic carbocycles. The predicted octanol–water partition coefficient (Wildman–Crippen LogP) is 0.682. The Morgan fingerprint density at radius 2 is 1.75 bits per heavy atom. The van der Waals surface area contributed by atoms with E-state index < -0.39 is 27.6 Å². The van der Waals surface area contributed by atoms with Gasteiger partial charge in [0.05, 0.1) is 11.8 Å². The first-order chi connectivity index (χ1) is 9.29. The third-order valence-electron chi connectivity index (χ3n) is 3.16. The second-order valence-corrected chi connectivity index (χ2v) is 6.56. The van der Waals surface area contributed by atoms with E-state index in [-0.39, 0.29) is 31.7 Å². The Morgan fingerprint density at radius 3 is 2.25 bits per heavy atom. The molecule has 1 aromatic rings. The summed E-state index contributed by atoms with van der Waals surface area (Å²) < 4.78 is 50.3. The van der Waals surface area contributed by atoms with E-state index in [9.17, 15) is 22.0 Å². The summed E-state index contributed by atoms with van der Waals surface area (Å²) in [6, 6.07) is 2.76. The Kier molecular flexibility index (Phi) is 4.05. The Bertz CT molecular complexity index is 626. The number of benzene rings is 1. The number of sulfonamides is 1. The SMILES string of the molecule is CS(=O)(=O)N1CCN(C(=O)c2ccc(F)cc2F)CC1. The summed E-state index contributed by atoms with van der Waals surface area (Å²) >= 11 is 0. The van der Waals surface area contributed by atoms with Crippen LogP contribution in [0.1, 0.15) is 10.4 Å². The lowest BCUT2D eigenvalue weighted by Gasteiger charge is -2.33. The smallest absolute Gasteiger partial charge is 0.256 e. The monoisotopic (exact) mass is 304 g/mol. The number of nitrogens with zero attached hydrogens (tertiary/aromatic N) is 2. The molecule has 5 nitrogen and oxygen atoms in total. The fourth-order valence-electron chi connectivity index (χ4n) is 2.06. The van der Waals surface area contributed by atoms with Crippen LogP contribution in [0.15, 0.2) is 18.2 Å². The lowest BCUT2D eigenvalue weighted by molar-refractivity contribution is 0.0693. The van der Waals surface area contributed by atoms with Gasteiger partial charge in [0, 0.05) is 32.2 Å². The quantitative estimate of drug-likeness (QED) is 0.807. The minimum Gasteiger partial charge on any atom is -0.336 e. The molecule has 20 heavy (non-hydrogen) atoms. The fourth-order valence-corrected chi connectivity index (χ4v) is 2.88. The van der Waals surface area contributed by atoms with Gasteiger partial charge in [-0.15, -0.1) is 0 Å². The molecule has 0 unspecified atom stereocenters. The molecule has 1 aromatic carbocycles. The van der Waals surface area contributed by atoms with Crippen molar-refractivity contribution < 1.29 is 22.0 Å². The van der Waals surface area contributed by atoms with Crippen molar-refractivity contribution in [2.45, 2.75) is 0 Å². The lowest BCUT2D eigenvalue weighted by atomic mass is 10.1. The number of rotatable bonds is 2. The molecular formula is C12H14F2N2O3S. The largest absolute Gasteiger partial charge is 0.336 e. The highest BCUT2D eigenvalue weighted by atomic mass is 32.2. The van der Waals surface area contributed by atoms with Gasteiger partial charge in [0.15, 0.2) is 0 Å². The minimum absolute atomic E-state index is 0.174. The summed E-state index contributed by atoms with van der Waals surface area (Å²) in [5.41, 5.74) is -0.209. The second-order valence-electron chi connectivity index (χ2n) is 4.58. The molecule has 0 aromatic heterocycles. The third-order valence-corrected chi connectivity index (χ3v) is 4.46. The van der Waals surface area contributed by atoms with E-state index in [1.165, 1.54) is 9.21 Å². The Balaban J connectivity index is 2.09. The van der Waals surface area contributed by atoms with Gasteiger partial charge in [-0.25, -0.2) is 17.2 Å². The van der Waals surface area contributed by atoms with Gasteiger partial charge < -0.3 is 4.90 Å². The van der Waals surface area contributed by atoms with Gasteiger partial charge >= 0.3 is 0 Å². The van der Waals surface area contributed by atoms with Crippen LogP contribution in [0.25, 0.3) is 0 Å². The van der Waals surface area contributed by atoms with Gasteiger partial charge in [-0.05, 0) is 12.1 Å². The van der Waals surface area contributed by atoms with Crippen LogP contribution >= 0.6 is 0 Å². The van der Waals surface area contributed by atoms with E-state index in [1.807, 2.05) is 0 Å². The number of halogens is 2. The van der Waals surface area contributed by atoms with Crippen molar-refractivity contribution in [3.8, 4) is 0 Å². The molecular weight excluding hydrogens is 290 g/mol. The molecule has 0 atom stereocenters. The predicted molar refractivity (Wildman–Crippen MR) is 68.7 cm³/mol. The van der Waals surface area contributed by atoms with Crippen molar-refractivity contribution in [2.24, 2.45) is 0 Å². The Morgan fingerprint density at radius 1 is 1.15 bits per heavy atom.